The molecule has 0 spiro atoms. The molecule has 3 heterocycles. The number of aromatic nitrogens is 5. The Morgan fingerprint density at radius 3 is 2.76 bits per heavy atom. The Bertz CT molecular complexity index is 964. The first kappa shape index (κ1) is 19.3. The number of carbonyl (C=O) groups is 1. The number of carbonyl (C=O) groups excluding carboxylic acids is 1. The molecule has 29 heavy (non-hydrogen) atoms. The van der Waals surface area contributed by atoms with Gasteiger partial charge in [0.25, 0.3) is 5.89 Å². The number of rotatable bonds is 6. The Hall–Kier alpha value is -3.03. The van der Waals surface area contributed by atoms with Crippen molar-refractivity contribution in [3.8, 4) is 11.6 Å². The monoisotopic (exact) mass is 394 g/mol. The van der Waals surface area contributed by atoms with E-state index in [-0.39, 0.29) is 23.8 Å². The van der Waals surface area contributed by atoms with E-state index in [9.17, 15) is 4.79 Å². The molecule has 1 aliphatic heterocycles. The SMILES string of the molecule is CC[C@H](C(=O)N1CC[C@H](n2cc(-c3nc(C(C)C)no3)nn2)C1)c1ccccc1. The van der Waals surface area contributed by atoms with Crippen LogP contribution in [0.1, 0.15) is 62.9 Å². The molecule has 2 atom stereocenters. The molecular weight excluding hydrogens is 368 g/mol. The van der Waals surface area contributed by atoms with Crippen LogP contribution in [0.5, 0.6) is 0 Å². The minimum Gasteiger partial charge on any atom is -0.340 e. The summed E-state index contributed by atoms with van der Waals surface area (Å²) in [6.07, 6.45) is 3.46. The van der Waals surface area contributed by atoms with E-state index in [0.717, 1.165) is 24.9 Å². The molecule has 1 fully saturated rings. The van der Waals surface area contributed by atoms with Crippen LogP contribution in [-0.2, 0) is 4.79 Å². The van der Waals surface area contributed by atoms with Crippen LogP contribution >= 0.6 is 0 Å². The smallest absolute Gasteiger partial charge is 0.280 e. The summed E-state index contributed by atoms with van der Waals surface area (Å²) < 4.78 is 7.11. The summed E-state index contributed by atoms with van der Waals surface area (Å²) in [4.78, 5) is 19.4. The van der Waals surface area contributed by atoms with Crippen LogP contribution in [0.4, 0.5) is 0 Å². The lowest BCUT2D eigenvalue weighted by Gasteiger charge is -2.23. The van der Waals surface area contributed by atoms with Crippen LogP contribution in [0.2, 0.25) is 0 Å². The van der Waals surface area contributed by atoms with E-state index >= 15 is 0 Å². The fourth-order valence-corrected chi connectivity index (χ4v) is 3.74. The van der Waals surface area contributed by atoms with Gasteiger partial charge in [-0.05, 0) is 18.4 Å². The Morgan fingerprint density at radius 2 is 2.07 bits per heavy atom. The first-order valence-electron chi connectivity index (χ1n) is 10.2. The van der Waals surface area contributed by atoms with Crippen molar-refractivity contribution in [1.82, 2.24) is 30.0 Å². The zero-order chi connectivity index (χ0) is 20.4. The number of hydrogen-bond acceptors (Lipinski definition) is 6. The average molecular weight is 394 g/mol. The van der Waals surface area contributed by atoms with Crippen LogP contribution in [0.15, 0.2) is 41.1 Å². The Morgan fingerprint density at radius 1 is 1.28 bits per heavy atom. The van der Waals surface area contributed by atoms with E-state index in [0.29, 0.717) is 24.0 Å². The molecule has 0 saturated carbocycles. The molecule has 0 radical (unpaired) electrons. The third-order valence-corrected chi connectivity index (χ3v) is 5.44. The largest absolute Gasteiger partial charge is 0.340 e. The van der Waals surface area contributed by atoms with Crippen molar-refractivity contribution in [3.63, 3.8) is 0 Å². The quantitative estimate of drug-likeness (QED) is 0.636. The van der Waals surface area contributed by atoms with Crippen molar-refractivity contribution in [3.05, 3.63) is 47.9 Å². The maximum atomic E-state index is 13.1. The third kappa shape index (κ3) is 3.92. The van der Waals surface area contributed by atoms with Gasteiger partial charge in [-0.15, -0.1) is 5.10 Å². The standard InChI is InChI=1S/C21H26N6O2/c1-4-17(15-8-6-5-7-9-15)21(28)26-11-10-16(12-26)27-13-18(23-25-27)20-22-19(14(2)3)24-29-20/h5-9,13-14,16-17H,4,10-12H2,1-3H3/t16-,17-/m0/s1. The molecule has 1 saturated heterocycles. The summed E-state index contributed by atoms with van der Waals surface area (Å²) in [5, 5.41) is 12.4. The van der Waals surface area contributed by atoms with Gasteiger partial charge in [-0.25, -0.2) is 4.68 Å². The zero-order valence-electron chi connectivity index (χ0n) is 17.0. The van der Waals surface area contributed by atoms with E-state index in [1.54, 1.807) is 0 Å². The fourth-order valence-electron chi connectivity index (χ4n) is 3.74. The number of amides is 1. The van der Waals surface area contributed by atoms with Crippen LogP contribution in [0.3, 0.4) is 0 Å². The fraction of sp³-hybridized carbons (Fsp3) is 0.476. The predicted molar refractivity (Wildman–Crippen MR) is 107 cm³/mol. The molecule has 8 nitrogen and oxygen atoms in total. The molecule has 0 unspecified atom stereocenters. The molecule has 4 rings (SSSR count). The molecule has 8 heteroatoms. The van der Waals surface area contributed by atoms with Gasteiger partial charge >= 0.3 is 0 Å². The van der Waals surface area contributed by atoms with Gasteiger partial charge in [-0.2, -0.15) is 4.98 Å². The summed E-state index contributed by atoms with van der Waals surface area (Å²) in [7, 11) is 0. The molecule has 2 aromatic heterocycles. The van der Waals surface area contributed by atoms with Crippen molar-refractivity contribution in [1.29, 1.82) is 0 Å². The van der Waals surface area contributed by atoms with Crippen molar-refractivity contribution in [2.75, 3.05) is 13.1 Å². The van der Waals surface area contributed by atoms with Crippen LogP contribution in [0, 0.1) is 0 Å². The minimum atomic E-state index is -0.103. The van der Waals surface area contributed by atoms with Gasteiger partial charge in [0.15, 0.2) is 11.5 Å². The van der Waals surface area contributed by atoms with E-state index in [1.807, 2.05) is 60.0 Å². The van der Waals surface area contributed by atoms with Gasteiger partial charge in [0.05, 0.1) is 18.2 Å². The first-order chi connectivity index (χ1) is 14.1. The molecular formula is C21H26N6O2. The van der Waals surface area contributed by atoms with Gasteiger partial charge in [-0.1, -0.05) is 61.5 Å². The van der Waals surface area contributed by atoms with Crippen molar-refractivity contribution in [2.24, 2.45) is 0 Å². The highest BCUT2D eigenvalue weighted by Crippen LogP contribution is 2.28. The molecule has 0 bridgehead atoms. The zero-order valence-corrected chi connectivity index (χ0v) is 17.0. The van der Waals surface area contributed by atoms with Crippen molar-refractivity contribution < 1.29 is 9.32 Å². The summed E-state index contributed by atoms with van der Waals surface area (Å²) in [5.41, 5.74) is 1.63. The Labute approximate surface area is 169 Å². The average Bonchev–Trinajstić information content (AvgIpc) is 3.48. The second kappa shape index (κ2) is 8.14. The molecule has 1 amide bonds. The Balaban J connectivity index is 1.44. The Kier molecular flexibility index (Phi) is 5.42. The normalized spacial score (nSPS) is 17.8. The molecule has 1 aliphatic rings. The predicted octanol–water partition coefficient (Wildman–Crippen LogP) is 3.42. The van der Waals surface area contributed by atoms with Gasteiger partial charge in [0.2, 0.25) is 5.91 Å². The van der Waals surface area contributed by atoms with Gasteiger partial charge < -0.3 is 9.42 Å². The number of nitrogens with zero attached hydrogens (tertiary/aromatic N) is 6. The van der Waals surface area contributed by atoms with E-state index < -0.39 is 0 Å². The third-order valence-electron chi connectivity index (χ3n) is 5.44. The topological polar surface area (TPSA) is 89.9 Å². The molecule has 0 aliphatic carbocycles. The second-order valence-corrected chi connectivity index (χ2v) is 7.79. The highest BCUT2D eigenvalue weighted by atomic mass is 16.5. The molecule has 3 aromatic rings. The van der Waals surface area contributed by atoms with Gasteiger partial charge in [0.1, 0.15) is 0 Å². The van der Waals surface area contributed by atoms with E-state index in [1.165, 1.54) is 0 Å². The van der Waals surface area contributed by atoms with Gasteiger partial charge in [0, 0.05) is 19.0 Å². The highest BCUT2D eigenvalue weighted by Gasteiger charge is 2.32. The summed E-state index contributed by atoms with van der Waals surface area (Å²) in [6.45, 7) is 7.43. The number of hydrogen-bond donors (Lipinski definition) is 0. The van der Waals surface area contributed by atoms with Gasteiger partial charge in [-0.3, -0.25) is 4.79 Å². The number of likely N-dealkylation sites (tertiary alicyclic amines) is 1. The summed E-state index contributed by atoms with van der Waals surface area (Å²) >= 11 is 0. The van der Waals surface area contributed by atoms with Crippen LogP contribution in [0.25, 0.3) is 11.6 Å². The maximum Gasteiger partial charge on any atom is 0.280 e. The maximum absolute atomic E-state index is 13.1. The lowest BCUT2D eigenvalue weighted by atomic mass is 9.95. The minimum absolute atomic E-state index is 0.0981. The lowest BCUT2D eigenvalue weighted by molar-refractivity contribution is -0.132. The van der Waals surface area contributed by atoms with E-state index in [4.69, 9.17) is 4.52 Å². The van der Waals surface area contributed by atoms with Crippen LogP contribution in [-0.4, -0.2) is 49.0 Å². The summed E-state index contributed by atoms with van der Waals surface area (Å²) in [6, 6.07) is 10.1. The highest BCUT2D eigenvalue weighted by molar-refractivity contribution is 5.84. The molecule has 0 N–H and O–H groups in total. The van der Waals surface area contributed by atoms with Crippen molar-refractivity contribution >= 4 is 5.91 Å². The lowest BCUT2D eigenvalue weighted by Crippen LogP contribution is -2.33. The number of benzene rings is 1. The molecule has 1 aromatic carbocycles. The first-order valence-corrected chi connectivity index (χ1v) is 10.2. The van der Waals surface area contributed by atoms with E-state index in [2.05, 4.69) is 27.4 Å². The van der Waals surface area contributed by atoms with Crippen molar-refractivity contribution in [2.45, 2.75) is 51.5 Å². The summed E-state index contributed by atoms with van der Waals surface area (Å²) in [5.74, 6) is 1.29. The van der Waals surface area contributed by atoms with Crippen LogP contribution < -0.4 is 0 Å². The second-order valence-electron chi connectivity index (χ2n) is 7.79. The molecule has 152 valence electrons.